The lowest BCUT2D eigenvalue weighted by Gasteiger charge is -2.32. The summed E-state index contributed by atoms with van der Waals surface area (Å²) in [6.07, 6.45) is 2.24. The highest BCUT2D eigenvalue weighted by Crippen LogP contribution is 2.25. The molecule has 0 bridgehead atoms. The van der Waals surface area contributed by atoms with Gasteiger partial charge in [-0.05, 0) is 40.0 Å². The molecule has 2 heterocycles. The minimum Gasteiger partial charge on any atom is -0.481 e. The highest BCUT2D eigenvalue weighted by Gasteiger charge is 2.39. The Labute approximate surface area is 136 Å². The van der Waals surface area contributed by atoms with Gasteiger partial charge in [-0.3, -0.25) is 9.59 Å². The lowest BCUT2D eigenvalue weighted by molar-refractivity contribution is -0.141. The molecular weight excluding hydrogens is 300 g/mol. The van der Waals surface area contributed by atoms with Crippen LogP contribution in [0.25, 0.3) is 0 Å². The van der Waals surface area contributed by atoms with Crippen molar-refractivity contribution in [1.82, 2.24) is 9.80 Å². The number of hydrogen-bond acceptors (Lipinski definition) is 4. The highest BCUT2D eigenvalue weighted by molar-refractivity contribution is 5.86. The Bertz CT molecular complexity index is 485. The molecule has 0 saturated carbocycles. The third-order valence-electron chi connectivity index (χ3n) is 4.25. The van der Waals surface area contributed by atoms with E-state index in [1.165, 1.54) is 0 Å². The molecule has 0 aromatic rings. The summed E-state index contributed by atoms with van der Waals surface area (Å²) in [4.78, 5) is 38.8. The van der Waals surface area contributed by atoms with Crippen molar-refractivity contribution in [3.05, 3.63) is 0 Å². The van der Waals surface area contributed by atoms with Gasteiger partial charge in [0.1, 0.15) is 5.60 Å². The van der Waals surface area contributed by atoms with E-state index in [2.05, 4.69) is 0 Å². The maximum atomic E-state index is 12.3. The SMILES string of the molecule is CC(C)(C)OC(=O)N1CCCCC(N2CC(C(=O)O)CC2=O)C1. The van der Waals surface area contributed by atoms with Gasteiger partial charge in [0.25, 0.3) is 0 Å². The third kappa shape index (κ3) is 4.59. The van der Waals surface area contributed by atoms with Crippen LogP contribution in [0.3, 0.4) is 0 Å². The van der Waals surface area contributed by atoms with E-state index in [1.54, 1.807) is 9.80 Å². The zero-order valence-corrected chi connectivity index (χ0v) is 14.1. The number of carboxylic acids is 1. The number of carbonyl (C=O) groups excluding carboxylic acids is 2. The molecule has 2 amide bonds. The fourth-order valence-corrected chi connectivity index (χ4v) is 3.12. The van der Waals surface area contributed by atoms with E-state index < -0.39 is 17.5 Å². The van der Waals surface area contributed by atoms with E-state index in [-0.39, 0.29) is 31.0 Å². The van der Waals surface area contributed by atoms with Crippen molar-refractivity contribution >= 4 is 18.0 Å². The second kappa shape index (κ2) is 6.76. The summed E-state index contributed by atoms with van der Waals surface area (Å²) in [6.45, 7) is 6.72. The van der Waals surface area contributed by atoms with Crippen LogP contribution in [-0.2, 0) is 14.3 Å². The van der Waals surface area contributed by atoms with E-state index in [0.29, 0.717) is 13.1 Å². The molecule has 23 heavy (non-hydrogen) atoms. The minimum absolute atomic E-state index is 0.0538. The van der Waals surface area contributed by atoms with Crippen molar-refractivity contribution in [3.8, 4) is 0 Å². The standard InChI is InChI=1S/C16H26N2O5/c1-16(2,3)23-15(22)17-7-5-4-6-12(10-17)18-9-11(14(20)21)8-13(18)19/h11-12H,4-10H2,1-3H3,(H,20,21). The van der Waals surface area contributed by atoms with Crippen molar-refractivity contribution in [2.24, 2.45) is 5.92 Å². The molecule has 130 valence electrons. The normalized spacial score (nSPS) is 26.1. The number of likely N-dealkylation sites (tertiary alicyclic amines) is 2. The average molecular weight is 326 g/mol. The second-order valence-electron chi connectivity index (χ2n) is 7.36. The lowest BCUT2D eigenvalue weighted by atomic mass is 10.1. The minimum atomic E-state index is -0.932. The van der Waals surface area contributed by atoms with Crippen molar-refractivity contribution in [1.29, 1.82) is 0 Å². The van der Waals surface area contributed by atoms with Gasteiger partial charge >= 0.3 is 12.1 Å². The molecule has 0 aliphatic carbocycles. The average Bonchev–Trinajstić information content (AvgIpc) is 2.67. The Kier molecular flexibility index (Phi) is 5.16. The predicted octanol–water partition coefficient (Wildman–Crippen LogP) is 1.71. The first kappa shape index (κ1) is 17.6. The molecule has 2 saturated heterocycles. The monoisotopic (exact) mass is 326 g/mol. The summed E-state index contributed by atoms with van der Waals surface area (Å²) in [5.41, 5.74) is -0.559. The van der Waals surface area contributed by atoms with Crippen LogP contribution >= 0.6 is 0 Å². The molecular formula is C16H26N2O5. The zero-order chi connectivity index (χ0) is 17.2. The van der Waals surface area contributed by atoms with Crippen LogP contribution in [0, 0.1) is 5.92 Å². The quantitative estimate of drug-likeness (QED) is 0.834. The van der Waals surface area contributed by atoms with Gasteiger partial charge < -0.3 is 19.6 Å². The van der Waals surface area contributed by atoms with Crippen LogP contribution in [0.1, 0.15) is 46.5 Å². The molecule has 2 atom stereocenters. The lowest BCUT2D eigenvalue weighted by Crippen LogP contribution is -2.47. The highest BCUT2D eigenvalue weighted by atomic mass is 16.6. The molecule has 0 radical (unpaired) electrons. The molecule has 0 aromatic carbocycles. The Balaban J connectivity index is 2.03. The van der Waals surface area contributed by atoms with E-state index >= 15 is 0 Å². The van der Waals surface area contributed by atoms with Crippen molar-refractivity contribution < 1.29 is 24.2 Å². The smallest absolute Gasteiger partial charge is 0.410 e. The molecule has 1 N–H and O–H groups in total. The molecule has 2 unspecified atom stereocenters. The summed E-state index contributed by atoms with van der Waals surface area (Å²) < 4.78 is 5.42. The Morgan fingerprint density at radius 3 is 2.48 bits per heavy atom. The molecule has 2 fully saturated rings. The van der Waals surface area contributed by atoms with Crippen LogP contribution in [-0.4, -0.2) is 64.2 Å². The van der Waals surface area contributed by atoms with Gasteiger partial charge in [0.2, 0.25) is 5.91 Å². The van der Waals surface area contributed by atoms with Gasteiger partial charge in [-0.2, -0.15) is 0 Å². The maximum absolute atomic E-state index is 12.3. The Hall–Kier alpha value is -1.79. The molecule has 2 rings (SSSR count). The molecule has 0 spiro atoms. The molecule has 2 aliphatic rings. The molecule has 2 aliphatic heterocycles. The summed E-state index contributed by atoms with van der Waals surface area (Å²) >= 11 is 0. The van der Waals surface area contributed by atoms with Gasteiger partial charge in [-0.1, -0.05) is 0 Å². The number of hydrogen-bond donors (Lipinski definition) is 1. The Morgan fingerprint density at radius 1 is 1.22 bits per heavy atom. The number of ether oxygens (including phenoxy) is 1. The van der Waals surface area contributed by atoms with E-state index in [0.717, 1.165) is 19.3 Å². The maximum Gasteiger partial charge on any atom is 0.410 e. The van der Waals surface area contributed by atoms with Crippen molar-refractivity contribution in [2.45, 2.75) is 58.1 Å². The number of carboxylic acid groups (broad SMARTS) is 1. The molecule has 0 aromatic heterocycles. The number of nitrogens with zero attached hydrogens (tertiary/aromatic N) is 2. The van der Waals surface area contributed by atoms with Gasteiger partial charge in [-0.15, -0.1) is 0 Å². The zero-order valence-electron chi connectivity index (χ0n) is 14.1. The predicted molar refractivity (Wildman–Crippen MR) is 82.9 cm³/mol. The van der Waals surface area contributed by atoms with Gasteiger partial charge in [0.05, 0.1) is 5.92 Å². The second-order valence-corrected chi connectivity index (χ2v) is 7.36. The van der Waals surface area contributed by atoms with Crippen LogP contribution in [0.2, 0.25) is 0 Å². The first-order valence-corrected chi connectivity index (χ1v) is 8.17. The Morgan fingerprint density at radius 2 is 1.91 bits per heavy atom. The molecule has 7 heteroatoms. The summed E-state index contributed by atoms with van der Waals surface area (Å²) in [5, 5.41) is 9.11. The number of rotatable bonds is 2. The van der Waals surface area contributed by atoms with Gasteiger partial charge in [-0.25, -0.2) is 4.79 Å². The molecule has 7 nitrogen and oxygen atoms in total. The van der Waals surface area contributed by atoms with Crippen molar-refractivity contribution in [3.63, 3.8) is 0 Å². The summed E-state index contributed by atoms with van der Waals surface area (Å²) in [5.74, 6) is -1.70. The van der Waals surface area contributed by atoms with E-state index in [1.807, 2.05) is 20.8 Å². The van der Waals surface area contributed by atoms with E-state index in [4.69, 9.17) is 9.84 Å². The summed E-state index contributed by atoms with van der Waals surface area (Å²) in [6, 6.07) is -0.123. The van der Waals surface area contributed by atoms with Crippen molar-refractivity contribution in [2.75, 3.05) is 19.6 Å². The first-order chi connectivity index (χ1) is 10.7. The number of amides is 2. The largest absolute Gasteiger partial charge is 0.481 e. The van der Waals surface area contributed by atoms with Crippen LogP contribution < -0.4 is 0 Å². The van der Waals surface area contributed by atoms with Gasteiger partial charge in [0, 0.05) is 32.1 Å². The summed E-state index contributed by atoms with van der Waals surface area (Å²) in [7, 11) is 0. The number of carbonyl (C=O) groups is 3. The van der Waals surface area contributed by atoms with Crippen LogP contribution in [0.4, 0.5) is 4.79 Å². The topological polar surface area (TPSA) is 87.2 Å². The van der Waals surface area contributed by atoms with Crippen LogP contribution in [0.5, 0.6) is 0 Å². The number of aliphatic carboxylic acids is 1. The van der Waals surface area contributed by atoms with E-state index in [9.17, 15) is 14.4 Å². The fourth-order valence-electron chi connectivity index (χ4n) is 3.12. The van der Waals surface area contributed by atoms with Crippen LogP contribution in [0.15, 0.2) is 0 Å². The third-order valence-corrected chi connectivity index (χ3v) is 4.25. The first-order valence-electron chi connectivity index (χ1n) is 8.17. The van der Waals surface area contributed by atoms with Gasteiger partial charge in [0.15, 0.2) is 0 Å². The fraction of sp³-hybridized carbons (Fsp3) is 0.812.